The quantitative estimate of drug-likeness (QED) is 0.227. The highest BCUT2D eigenvalue weighted by Crippen LogP contribution is 2.44. The van der Waals surface area contributed by atoms with Crippen molar-refractivity contribution in [2.24, 2.45) is 11.8 Å². The molecular weight excluding hydrogens is 565 g/mol. The van der Waals surface area contributed by atoms with Crippen LogP contribution < -0.4 is 0 Å². The van der Waals surface area contributed by atoms with E-state index in [9.17, 15) is 28.9 Å². The first-order chi connectivity index (χ1) is 15.7. The Morgan fingerprint density at radius 1 is 1.03 bits per heavy atom. The second kappa shape index (κ2) is 9.30. The van der Waals surface area contributed by atoms with E-state index in [1.807, 2.05) is 0 Å². The SMILES string of the molecule is O=C(c1ccccc1[N+](=O)[O-])N(Cc1ccccc1F)N1C(=O)[C@H]2C[C@H](Br)[C@@H](Br)C[C@H]2C1=O. The molecule has 1 aliphatic carbocycles. The van der Waals surface area contributed by atoms with Crippen LogP contribution in [-0.2, 0) is 16.1 Å². The molecule has 1 aliphatic heterocycles. The summed E-state index contributed by atoms with van der Waals surface area (Å²) >= 11 is 7.03. The fraction of sp³-hybridized carbons (Fsp3) is 0.318. The van der Waals surface area contributed by atoms with Gasteiger partial charge in [-0.3, -0.25) is 24.5 Å². The van der Waals surface area contributed by atoms with Crippen molar-refractivity contribution in [3.63, 3.8) is 0 Å². The van der Waals surface area contributed by atoms with Gasteiger partial charge in [0.2, 0.25) is 0 Å². The van der Waals surface area contributed by atoms with Crippen LogP contribution >= 0.6 is 31.9 Å². The van der Waals surface area contributed by atoms with Crippen LogP contribution in [0.2, 0.25) is 0 Å². The summed E-state index contributed by atoms with van der Waals surface area (Å²) in [4.78, 5) is 50.9. The maximum Gasteiger partial charge on any atom is 0.282 e. The van der Waals surface area contributed by atoms with Gasteiger partial charge in [0.1, 0.15) is 11.4 Å². The Balaban J connectivity index is 1.78. The molecule has 11 heteroatoms. The molecule has 0 spiro atoms. The Hall–Kier alpha value is -2.66. The molecule has 1 saturated carbocycles. The number of benzene rings is 2. The van der Waals surface area contributed by atoms with E-state index in [1.165, 1.54) is 36.4 Å². The fourth-order valence-corrected chi connectivity index (χ4v) is 5.53. The second-order valence-corrected chi connectivity index (χ2v) is 10.3. The van der Waals surface area contributed by atoms with Crippen LogP contribution in [0, 0.1) is 27.8 Å². The Morgan fingerprint density at radius 2 is 1.58 bits per heavy atom. The molecule has 0 unspecified atom stereocenters. The third kappa shape index (κ3) is 4.31. The lowest BCUT2D eigenvalue weighted by atomic mass is 9.81. The molecule has 0 N–H and O–H groups in total. The molecule has 2 aliphatic rings. The Kier molecular flexibility index (Phi) is 6.62. The van der Waals surface area contributed by atoms with Crippen molar-refractivity contribution in [2.75, 3.05) is 0 Å². The van der Waals surface area contributed by atoms with Crippen molar-refractivity contribution in [1.29, 1.82) is 0 Å². The lowest BCUT2D eigenvalue weighted by Gasteiger charge is -2.30. The highest BCUT2D eigenvalue weighted by atomic mass is 79.9. The zero-order valence-electron chi connectivity index (χ0n) is 17.1. The zero-order chi connectivity index (χ0) is 23.9. The summed E-state index contributed by atoms with van der Waals surface area (Å²) in [6.45, 7) is -0.441. The summed E-state index contributed by atoms with van der Waals surface area (Å²) < 4.78 is 14.5. The fourth-order valence-electron chi connectivity index (χ4n) is 4.29. The average molecular weight is 583 g/mol. The molecule has 2 aromatic rings. The van der Waals surface area contributed by atoms with Crippen molar-refractivity contribution >= 4 is 55.3 Å². The Bertz CT molecular complexity index is 1120. The number of amides is 3. The van der Waals surface area contributed by atoms with E-state index in [0.717, 1.165) is 16.1 Å². The molecular formula is C22H18Br2FN3O5. The summed E-state index contributed by atoms with van der Waals surface area (Å²) in [5.74, 6) is -3.99. The summed E-state index contributed by atoms with van der Waals surface area (Å²) in [6, 6.07) is 10.9. The maximum absolute atomic E-state index is 14.5. The predicted molar refractivity (Wildman–Crippen MR) is 123 cm³/mol. The van der Waals surface area contributed by atoms with E-state index in [-0.39, 0.29) is 20.8 Å². The number of alkyl halides is 2. The number of hydrazine groups is 1. The van der Waals surface area contributed by atoms with Gasteiger partial charge in [-0.05, 0) is 25.0 Å². The molecule has 0 bridgehead atoms. The van der Waals surface area contributed by atoms with Crippen molar-refractivity contribution < 1.29 is 23.7 Å². The normalized spacial score (nSPS) is 24.5. The van der Waals surface area contributed by atoms with Crippen molar-refractivity contribution in [3.05, 3.63) is 75.6 Å². The van der Waals surface area contributed by atoms with Gasteiger partial charge in [-0.25, -0.2) is 9.40 Å². The number of hydrogen-bond acceptors (Lipinski definition) is 5. The summed E-state index contributed by atoms with van der Waals surface area (Å²) in [7, 11) is 0. The van der Waals surface area contributed by atoms with Gasteiger partial charge < -0.3 is 0 Å². The van der Waals surface area contributed by atoms with Gasteiger partial charge >= 0.3 is 0 Å². The molecule has 1 saturated heterocycles. The molecule has 0 aromatic heterocycles. The lowest BCUT2D eigenvalue weighted by Crippen LogP contribution is -2.50. The zero-order valence-corrected chi connectivity index (χ0v) is 20.2. The number of carbonyl (C=O) groups excluding carboxylic acids is 3. The number of nitro groups is 1. The van der Waals surface area contributed by atoms with Gasteiger partial charge in [0, 0.05) is 21.3 Å². The van der Waals surface area contributed by atoms with Gasteiger partial charge in [0.25, 0.3) is 23.4 Å². The highest BCUT2D eigenvalue weighted by Gasteiger charge is 2.54. The van der Waals surface area contributed by atoms with Gasteiger partial charge in [0.05, 0.1) is 23.3 Å². The Morgan fingerprint density at radius 3 is 2.15 bits per heavy atom. The average Bonchev–Trinajstić information content (AvgIpc) is 3.02. The maximum atomic E-state index is 14.5. The number of para-hydroxylation sites is 1. The number of halogens is 3. The first-order valence-corrected chi connectivity index (χ1v) is 12.0. The van der Waals surface area contributed by atoms with E-state index in [1.54, 1.807) is 6.07 Å². The molecule has 2 fully saturated rings. The van der Waals surface area contributed by atoms with Crippen molar-refractivity contribution in [1.82, 2.24) is 10.0 Å². The minimum Gasteiger partial charge on any atom is -0.272 e. The molecule has 4 atom stereocenters. The molecule has 4 rings (SSSR count). The molecule has 2 aromatic carbocycles. The predicted octanol–water partition coefficient (Wildman–Crippen LogP) is 4.21. The molecule has 33 heavy (non-hydrogen) atoms. The van der Waals surface area contributed by atoms with Gasteiger partial charge in [-0.2, -0.15) is 5.01 Å². The van der Waals surface area contributed by atoms with Crippen LogP contribution in [0.1, 0.15) is 28.8 Å². The number of rotatable bonds is 5. The number of nitro benzene ring substituents is 1. The third-order valence-corrected chi connectivity index (χ3v) is 8.71. The lowest BCUT2D eigenvalue weighted by molar-refractivity contribution is -0.385. The van der Waals surface area contributed by atoms with E-state index >= 15 is 0 Å². The van der Waals surface area contributed by atoms with Crippen LogP contribution in [0.3, 0.4) is 0 Å². The monoisotopic (exact) mass is 581 g/mol. The number of carbonyl (C=O) groups is 3. The Labute approximate surface area is 205 Å². The number of fused-ring (bicyclic) bond motifs is 1. The van der Waals surface area contributed by atoms with E-state index in [0.29, 0.717) is 12.8 Å². The van der Waals surface area contributed by atoms with Crippen molar-refractivity contribution in [3.8, 4) is 0 Å². The highest BCUT2D eigenvalue weighted by molar-refractivity contribution is 9.12. The van der Waals surface area contributed by atoms with Crippen molar-refractivity contribution in [2.45, 2.75) is 29.0 Å². The van der Waals surface area contributed by atoms with E-state index in [4.69, 9.17) is 0 Å². The van der Waals surface area contributed by atoms with E-state index < -0.39 is 52.5 Å². The summed E-state index contributed by atoms with van der Waals surface area (Å²) in [6.07, 6.45) is 0.768. The van der Waals surface area contributed by atoms with Gasteiger partial charge in [0.15, 0.2) is 0 Å². The number of nitrogens with zero attached hydrogens (tertiary/aromatic N) is 3. The molecule has 8 nitrogen and oxygen atoms in total. The van der Waals surface area contributed by atoms with Crippen LogP contribution in [-0.4, -0.2) is 42.3 Å². The van der Waals surface area contributed by atoms with Crippen LogP contribution in [0.5, 0.6) is 0 Å². The minimum absolute atomic E-state index is 0.0404. The van der Waals surface area contributed by atoms with Crippen LogP contribution in [0.4, 0.5) is 10.1 Å². The summed E-state index contributed by atoms with van der Waals surface area (Å²) in [5.41, 5.74) is -0.707. The first-order valence-electron chi connectivity index (χ1n) is 10.1. The van der Waals surface area contributed by atoms with Gasteiger partial charge in [-0.15, -0.1) is 0 Å². The largest absolute Gasteiger partial charge is 0.282 e. The van der Waals surface area contributed by atoms with E-state index in [2.05, 4.69) is 31.9 Å². The molecule has 172 valence electrons. The molecule has 1 heterocycles. The molecule has 3 amide bonds. The van der Waals surface area contributed by atoms with Crippen LogP contribution in [0.15, 0.2) is 48.5 Å². The van der Waals surface area contributed by atoms with Crippen LogP contribution in [0.25, 0.3) is 0 Å². The minimum atomic E-state index is -0.934. The second-order valence-electron chi connectivity index (χ2n) is 7.93. The number of hydrogen-bond donors (Lipinski definition) is 0. The van der Waals surface area contributed by atoms with Gasteiger partial charge in [-0.1, -0.05) is 62.2 Å². The molecule has 0 radical (unpaired) electrons. The topological polar surface area (TPSA) is 101 Å². The smallest absolute Gasteiger partial charge is 0.272 e. The number of imide groups is 1. The first kappa shape index (κ1) is 23.5. The third-order valence-electron chi connectivity index (χ3n) is 5.97. The summed E-state index contributed by atoms with van der Waals surface area (Å²) in [5, 5.41) is 13.1. The standard InChI is InChI=1S/C22H18Br2FN3O5/c23-16-9-14-15(10-17(16)24)22(31)27(21(14)30)26(11-12-5-1-3-7-18(12)25)20(29)13-6-2-4-8-19(13)28(32)33/h1-8,14-17H,9-11H2/t14-,15+,16-,17-/m0/s1.